The number of aromatic nitrogens is 4. The SMILES string of the molecule is [2H][C@](Nc1cc(Cl)c2ncc(C#N)c(N[C@H]3CCCC[C@@H]3CO)c2c1)(c1ccc(F)cc1)c1cn(C2CC2)nn1. The highest BCUT2D eigenvalue weighted by molar-refractivity contribution is 6.35. The highest BCUT2D eigenvalue weighted by Gasteiger charge is 2.28. The van der Waals surface area contributed by atoms with E-state index >= 15 is 0 Å². The summed E-state index contributed by atoms with van der Waals surface area (Å²) < 4.78 is 25.1. The maximum atomic E-state index is 13.8. The van der Waals surface area contributed by atoms with Gasteiger partial charge in [-0.1, -0.05) is 41.8 Å². The number of aliphatic hydroxyl groups excluding tert-OH is 1. The summed E-state index contributed by atoms with van der Waals surface area (Å²) in [5.41, 5.74) is 2.81. The Bertz CT molecular complexity index is 1590. The highest BCUT2D eigenvalue weighted by Crippen LogP contribution is 2.38. The van der Waals surface area contributed by atoms with E-state index in [4.69, 9.17) is 11.6 Å². The van der Waals surface area contributed by atoms with Crippen molar-refractivity contribution in [3.63, 3.8) is 0 Å². The van der Waals surface area contributed by atoms with Gasteiger partial charge in [0.25, 0.3) is 0 Å². The number of fused-ring (bicyclic) bond motifs is 1. The molecule has 8 nitrogen and oxygen atoms in total. The van der Waals surface area contributed by atoms with Crippen LogP contribution in [-0.4, -0.2) is 37.7 Å². The van der Waals surface area contributed by atoms with Gasteiger partial charge in [-0.3, -0.25) is 4.98 Å². The van der Waals surface area contributed by atoms with Crippen LogP contribution in [0, 0.1) is 23.1 Å². The van der Waals surface area contributed by atoms with Crippen molar-refractivity contribution in [2.75, 3.05) is 17.2 Å². The van der Waals surface area contributed by atoms with Crippen LogP contribution in [0.15, 0.2) is 48.8 Å². The van der Waals surface area contributed by atoms with E-state index in [1.165, 1.54) is 18.3 Å². The van der Waals surface area contributed by atoms with E-state index in [-0.39, 0.29) is 24.6 Å². The topological polar surface area (TPSA) is 112 Å². The highest BCUT2D eigenvalue weighted by atomic mass is 35.5. The fourth-order valence-electron chi connectivity index (χ4n) is 5.33. The first-order chi connectivity index (χ1) is 19.4. The van der Waals surface area contributed by atoms with Crippen LogP contribution in [0.25, 0.3) is 10.9 Å². The Kier molecular flexibility index (Phi) is 6.73. The molecule has 2 aromatic carbocycles. The summed E-state index contributed by atoms with van der Waals surface area (Å²) in [5, 5.41) is 36.2. The van der Waals surface area contributed by atoms with Crippen molar-refractivity contribution in [2.24, 2.45) is 5.92 Å². The number of halogens is 2. The quantitative estimate of drug-likeness (QED) is 0.249. The minimum atomic E-state index is -1.61. The Labute approximate surface area is 232 Å². The first kappa shape index (κ1) is 24.3. The number of pyridine rings is 1. The molecule has 2 aliphatic rings. The second kappa shape index (κ2) is 10.8. The lowest BCUT2D eigenvalue weighted by atomic mass is 9.84. The Balaban J connectivity index is 1.44. The normalized spacial score (nSPS) is 21.1. The van der Waals surface area contributed by atoms with Crippen LogP contribution in [-0.2, 0) is 0 Å². The Morgan fingerprint density at radius 2 is 2.00 bits per heavy atom. The largest absolute Gasteiger partial charge is 0.396 e. The van der Waals surface area contributed by atoms with Crippen LogP contribution in [0.4, 0.5) is 15.8 Å². The van der Waals surface area contributed by atoms with Crippen molar-refractivity contribution in [3.8, 4) is 6.07 Å². The third kappa shape index (κ3) is 5.27. The van der Waals surface area contributed by atoms with Gasteiger partial charge in [0, 0.05) is 35.8 Å². The van der Waals surface area contributed by atoms with Crippen molar-refractivity contribution in [1.29, 1.82) is 5.26 Å². The molecular weight excluding hydrogens is 517 g/mol. The predicted molar refractivity (Wildman–Crippen MR) is 148 cm³/mol. The van der Waals surface area contributed by atoms with Crippen molar-refractivity contribution < 1.29 is 10.9 Å². The monoisotopic (exact) mass is 546 g/mol. The van der Waals surface area contributed by atoms with E-state index in [9.17, 15) is 16.1 Å². The van der Waals surface area contributed by atoms with Crippen molar-refractivity contribution in [3.05, 3.63) is 76.5 Å². The van der Waals surface area contributed by atoms with Crippen LogP contribution in [0.3, 0.4) is 0 Å². The van der Waals surface area contributed by atoms with Gasteiger partial charge in [-0.05, 0) is 55.5 Å². The molecule has 39 heavy (non-hydrogen) atoms. The van der Waals surface area contributed by atoms with E-state index in [0.29, 0.717) is 44.1 Å². The van der Waals surface area contributed by atoms with E-state index in [2.05, 4.69) is 32.0 Å². The standard InChI is InChI=1S/C29H29ClFN7O/c30-24-12-21(34-28(17-5-7-20(31)8-6-17)26-15-38(37-36-26)22-9-10-22)11-23-27(19(13-32)14-33-29(23)24)35-25-4-2-1-3-18(25)16-39/h5-8,11-12,14-15,18,22,25,28,34,39H,1-4,9-10,16H2,(H,33,35)/t18-,25+,28+/m1/s1/i28D. The number of nitrogens with zero attached hydrogens (tertiary/aromatic N) is 5. The molecule has 10 heteroatoms. The third-order valence-corrected chi connectivity index (χ3v) is 7.90. The Morgan fingerprint density at radius 3 is 2.74 bits per heavy atom. The lowest BCUT2D eigenvalue weighted by Gasteiger charge is -2.32. The minimum absolute atomic E-state index is 0.00113. The summed E-state index contributed by atoms with van der Waals surface area (Å²) in [6, 6.07) is 10.1. The molecule has 0 amide bonds. The Hall–Kier alpha value is -3.74. The van der Waals surface area contributed by atoms with Gasteiger partial charge >= 0.3 is 0 Å². The van der Waals surface area contributed by atoms with Gasteiger partial charge in [-0.25, -0.2) is 9.07 Å². The van der Waals surface area contributed by atoms with Crippen LogP contribution >= 0.6 is 11.6 Å². The van der Waals surface area contributed by atoms with Gasteiger partial charge in [-0.2, -0.15) is 5.26 Å². The summed E-state index contributed by atoms with van der Waals surface area (Å²) in [5.74, 6) is -0.329. The molecule has 2 saturated carbocycles. The van der Waals surface area contributed by atoms with E-state index in [1.54, 1.807) is 29.1 Å². The van der Waals surface area contributed by atoms with E-state index in [0.717, 1.165) is 38.5 Å². The van der Waals surface area contributed by atoms with Gasteiger partial charge in [0.15, 0.2) is 0 Å². The number of hydrogen-bond acceptors (Lipinski definition) is 7. The summed E-state index contributed by atoms with van der Waals surface area (Å²) in [4.78, 5) is 4.45. The number of nitriles is 1. The molecule has 0 spiro atoms. The van der Waals surface area contributed by atoms with Crippen LogP contribution < -0.4 is 10.6 Å². The van der Waals surface area contributed by atoms with Crippen LogP contribution in [0.2, 0.25) is 5.02 Å². The van der Waals surface area contributed by atoms with Crippen LogP contribution in [0.5, 0.6) is 0 Å². The Morgan fingerprint density at radius 1 is 1.21 bits per heavy atom. The molecule has 200 valence electrons. The summed E-state index contributed by atoms with van der Waals surface area (Å²) in [6.07, 6.45) is 9.17. The molecule has 0 bridgehead atoms. The zero-order valence-corrected chi connectivity index (χ0v) is 22.0. The second-order valence-electron chi connectivity index (χ2n) is 10.3. The molecule has 3 atom stereocenters. The third-order valence-electron chi connectivity index (χ3n) is 7.61. The molecule has 4 aromatic rings. The maximum absolute atomic E-state index is 13.8. The van der Waals surface area contributed by atoms with Crippen molar-refractivity contribution >= 4 is 33.9 Å². The average molecular weight is 547 g/mol. The van der Waals surface area contributed by atoms with E-state index in [1.807, 2.05) is 6.07 Å². The fraction of sp³-hybridized carbons (Fsp3) is 0.379. The second-order valence-corrected chi connectivity index (χ2v) is 10.7. The fourth-order valence-corrected chi connectivity index (χ4v) is 5.60. The molecule has 0 radical (unpaired) electrons. The lowest BCUT2D eigenvalue weighted by Crippen LogP contribution is -2.34. The first-order valence-corrected chi connectivity index (χ1v) is 13.6. The zero-order chi connectivity index (χ0) is 27.9. The summed E-state index contributed by atoms with van der Waals surface area (Å²) in [6.45, 7) is 0.0662. The molecule has 0 aliphatic heterocycles. The van der Waals surface area contributed by atoms with Gasteiger partial charge in [0.2, 0.25) is 0 Å². The van der Waals surface area contributed by atoms with Gasteiger partial charge in [0.1, 0.15) is 17.6 Å². The van der Waals surface area contributed by atoms with Crippen LogP contribution in [0.1, 0.15) is 68.8 Å². The van der Waals surface area contributed by atoms with Crippen molar-refractivity contribution in [2.45, 2.75) is 56.6 Å². The van der Waals surface area contributed by atoms with Crippen molar-refractivity contribution in [1.82, 2.24) is 20.0 Å². The number of aliphatic hydroxyl groups is 1. The predicted octanol–water partition coefficient (Wildman–Crippen LogP) is 5.99. The molecule has 3 N–H and O–H groups in total. The van der Waals surface area contributed by atoms with Gasteiger partial charge < -0.3 is 15.7 Å². The molecule has 0 saturated heterocycles. The number of hydrogen-bond donors (Lipinski definition) is 3. The molecule has 2 aromatic heterocycles. The van der Waals surface area contributed by atoms with Gasteiger partial charge in [-0.15, -0.1) is 5.10 Å². The van der Waals surface area contributed by atoms with Gasteiger partial charge in [0.05, 0.1) is 41.4 Å². The number of benzene rings is 2. The average Bonchev–Trinajstić information content (AvgIpc) is 3.69. The maximum Gasteiger partial charge on any atom is 0.123 e. The molecule has 2 aliphatic carbocycles. The molecular formula is C29H29ClFN7O. The molecule has 6 rings (SSSR count). The summed E-state index contributed by atoms with van der Waals surface area (Å²) >= 11 is 6.73. The number of nitrogens with one attached hydrogen (secondary N) is 2. The molecule has 0 unspecified atom stereocenters. The smallest absolute Gasteiger partial charge is 0.123 e. The summed E-state index contributed by atoms with van der Waals surface area (Å²) in [7, 11) is 0. The molecule has 2 fully saturated rings. The van der Waals surface area contributed by atoms with E-state index < -0.39 is 11.8 Å². The zero-order valence-electron chi connectivity index (χ0n) is 22.2. The minimum Gasteiger partial charge on any atom is -0.396 e. The number of rotatable bonds is 8. The first-order valence-electron chi connectivity index (χ1n) is 13.8. The number of anilines is 2. The molecule has 2 heterocycles. The lowest BCUT2D eigenvalue weighted by molar-refractivity contribution is 0.178.